The SMILES string of the molecule is CCS(=O)(=O)c1ccc([C@H](CO)NC(=O)c2ccc(N3C(=O)C[C@@H](Oc4ccc(C(F)(F)F)cc4)C3=O)cc2)cc1. The van der Waals surface area contributed by atoms with E-state index in [2.05, 4.69) is 5.32 Å². The van der Waals surface area contributed by atoms with E-state index in [0.717, 1.165) is 29.2 Å². The Balaban J connectivity index is 1.41. The molecule has 41 heavy (non-hydrogen) atoms. The Labute approximate surface area is 233 Å². The number of hydrogen-bond donors (Lipinski definition) is 2. The van der Waals surface area contributed by atoms with E-state index in [4.69, 9.17) is 4.74 Å². The number of amides is 3. The van der Waals surface area contributed by atoms with E-state index in [1.54, 1.807) is 0 Å². The van der Waals surface area contributed by atoms with Crippen molar-refractivity contribution in [2.45, 2.75) is 36.6 Å². The van der Waals surface area contributed by atoms with E-state index >= 15 is 0 Å². The van der Waals surface area contributed by atoms with Crippen molar-refractivity contribution in [3.05, 3.63) is 89.5 Å². The first-order valence-corrected chi connectivity index (χ1v) is 14.0. The van der Waals surface area contributed by atoms with Crippen LogP contribution < -0.4 is 15.0 Å². The van der Waals surface area contributed by atoms with Crippen molar-refractivity contribution in [3.63, 3.8) is 0 Å². The molecule has 1 saturated heterocycles. The third-order valence-electron chi connectivity index (χ3n) is 6.46. The van der Waals surface area contributed by atoms with Crippen LogP contribution in [0.1, 0.15) is 40.9 Å². The van der Waals surface area contributed by atoms with Crippen LogP contribution in [0, 0.1) is 0 Å². The van der Waals surface area contributed by atoms with E-state index in [9.17, 15) is 41.1 Å². The number of rotatable bonds is 9. The highest BCUT2D eigenvalue weighted by molar-refractivity contribution is 7.91. The van der Waals surface area contributed by atoms with Gasteiger partial charge < -0.3 is 15.2 Å². The molecule has 0 spiro atoms. The van der Waals surface area contributed by atoms with Crippen molar-refractivity contribution >= 4 is 33.2 Å². The summed E-state index contributed by atoms with van der Waals surface area (Å²) in [5.74, 6) is -1.93. The fourth-order valence-electron chi connectivity index (χ4n) is 4.17. The standard InChI is InChI=1S/C28H25F3N2O7S/c1-2-41(38,39)22-13-5-17(6-14-22)23(16-34)32-26(36)18-3-9-20(10-4-18)33-25(35)15-24(27(33)37)40-21-11-7-19(8-12-21)28(29,30)31/h3-14,23-24,34H,2,15-16H2,1H3,(H,32,36)/t23-,24+/m0/s1. The van der Waals surface area contributed by atoms with Crippen LogP contribution in [0.15, 0.2) is 77.7 Å². The summed E-state index contributed by atoms with van der Waals surface area (Å²) in [5.41, 5.74) is -0.0644. The number of hydrogen-bond acceptors (Lipinski definition) is 7. The van der Waals surface area contributed by atoms with Crippen molar-refractivity contribution in [3.8, 4) is 5.75 Å². The van der Waals surface area contributed by atoms with Gasteiger partial charge in [-0.1, -0.05) is 19.1 Å². The van der Waals surface area contributed by atoms with Gasteiger partial charge in [0.1, 0.15) is 5.75 Å². The first kappa shape index (κ1) is 29.7. The zero-order valence-electron chi connectivity index (χ0n) is 21.6. The number of alkyl halides is 3. The molecule has 4 rings (SSSR count). The summed E-state index contributed by atoms with van der Waals surface area (Å²) in [6, 6.07) is 14.2. The van der Waals surface area contributed by atoms with E-state index in [1.807, 2.05) is 0 Å². The van der Waals surface area contributed by atoms with Crippen molar-refractivity contribution in [2.24, 2.45) is 0 Å². The Kier molecular flexibility index (Phi) is 8.50. The highest BCUT2D eigenvalue weighted by Gasteiger charge is 2.41. The number of anilines is 1. The van der Waals surface area contributed by atoms with Gasteiger partial charge in [-0.25, -0.2) is 13.3 Å². The molecule has 3 aromatic rings. The number of halogens is 3. The smallest absolute Gasteiger partial charge is 0.416 e. The summed E-state index contributed by atoms with van der Waals surface area (Å²) in [6.07, 6.45) is -6.08. The topological polar surface area (TPSA) is 130 Å². The number of imide groups is 1. The first-order chi connectivity index (χ1) is 19.3. The second kappa shape index (κ2) is 11.7. The average molecular weight is 591 g/mol. The molecule has 1 aliphatic rings. The Morgan fingerprint density at radius 2 is 1.63 bits per heavy atom. The molecule has 2 atom stereocenters. The van der Waals surface area contributed by atoms with Crippen LogP contribution in [0.3, 0.4) is 0 Å². The van der Waals surface area contributed by atoms with E-state index < -0.39 is 58.1 Å². The van der Waals surface area contributed by atoms with Gasteiger partial charge in [0.05, 0.1) is 41.0 Å². The van der Waals surface area contributed by atoms with Gasteiger partial charge in [-0.3, -0.25) is 14.4 Å². The summed E-state index contributed by atoms with van der Waals surface area (Å²) in [5, 5.41) is 12.4. The second-order valence-corrected chi connectivity index (χ2v) is 11.4. The normalized spacial score (nSPS) is 16.5. The van der Waals surface area contributed by atoms with Crippen LogP contribution in [0.5, 0.6) is 5.75 Å². The van der Waals surface area contributed by atoms with Gasteiger partial charge in [-0.05, 0) is 66.2 Å². The molecule has 0 aliphatic carbocycles. The molecule has 216 valence electrons. The molecule has 1 heterocycles. The maximum atomic E-state index is 12.9. The Bertz CT molecular complexity index is 1540. The molecule has 3 amide bonds. The van der Waals surface area contributed by atoms with Crippen LogP contribution in [0.2, 0.25) is 0 Å². The van der Waals surface area contributed by atoms with Gasteiger partial charge in [0.15, 0.2) is 15.9 Å². The molecule has 2 N–H and O–H groups in total. The van der Waals surface area contributed by atoms with E-state index in [1.165, 1.54) is 55.5 Å². The van der Waals surface area contributed by atoms with Crippen molar-refractivity contribution in [2.75, 3.05) is 17.3 Å². The molecule has 9 nitrogen and oxygen atoms in total. The van der Waals surface area contributed by atoms with Gasteiger partial charge in [0, 0.05) is 5.56 Å². The lowest BCUT2D eigenvalue weighted by molar-refractivity contribution is -0.137. The largest absolute Gasteiger partial charge is 0.480 e. The minimum atomic E-state index is -4.53. The molecule has 1 aliphatic heterocycles. The maximum absolute atomic E-state index is 12.9. The number of ether oxygens (including phenoxy) is 1. The lowest BCUT2D eigenvalue weighted by Gasteiger charge is -2.18. The fraction of sp³-hybridized carbons (Fsp3) is 0.250. The zero-order valence-corrected chi connectivity index (χ0v) is 22.4. The highest BCUT2D eigenvalue weighted by Crippen LogP contribution is 2.31. The summed E-state index contributed by atoms with van der Waals surface area (Å²) in [7, 11) is -3.41. The number of nitrogens with one attached hydrogen (secondary N) is 1. The van der Waals surface area contributed by atoms with Crippen molar-refractivity contribution in [1.82, 2.24) is 5.32 Å². The second-order valence-electron chi connectivity index (χ2n) is 9.13. The van der Waals surface area contributed by atoms with E-state index in [0.29, 0.717) is 5.56 Å². The molecule has 0 saturated carbocycles. The molecule has 1 fully saturated rings. The van der Waals surface area contributed by atoms with Crippen molar-refractivity contribution in [1.29, 1.82) is 0 Å². The molecule has 0 bridgehead atoms. The molecule has 0 aromatic heterocycles. The number of carbonyl (C=O) groups excluding carboxylic acids is 3. The minimum absolute atomic E-state index is 0.00177. The van der Waals surface area contributed by atoms with Gasteiger partial charge in [-0.15, -0.1) is 0 Å². The van der Waals surface area contributed by atoms with Gasteiger partial charge in [0.25, 0.3) is 11.8 Å². The number of carbonyl (C=O) groups is 3. The number of aliphatic hydroxyl groups excluding tert-OH is 1. The first-order valence-electron chi connectivity index (χ1n) is 12.4. The van der Waals surface area contributed by atoms with Crippen LogP contribution in [0.25, 0.3) is 0 Å². The molecular formula is C28H25F3N2O7S. The summed E-state index contributed by atoms with van der Waals surface area (Å²) in [4.78, 5) is 39.2. The lowest BCUT2D eigenvalue weighted by Crippen LogP contribution is -2.34. The zero-order chi connectivity index (χ0) is 29.9. The summed E-state index contributed by atoms with van der Waals surface area (Å²) in [6.45, 7) is 1.07. The highest BCUT2D eigenvalue weighted by atomic mass is 32.2. The molecule has 13 heteroatoms. The maximum Gasteiger partial charge on any atom is 0.416 e. The van der Waals surface area contributed by atoms with Gasteiger partial charge in [-0.2, -0.15) is 13.2 Å². The predicted molar refractivity (Wildman–Crippen MR) is 141 cm³/mol. The lowest BCUT2D eigenvalue weighted by atomic mass is 10.1. The van der Waals surface area contributed by atoms with Gasteiger partial charge in [0.2, 0.25) is 5.91 Å². The molecule has 3 aromatic carbocycles. The quantitative estimate of drug-likeness (QED) is 0.364. The Morgan fingerprint density at radius 3 is 2.17 bits per heavy atom. The van der Waals surface area contributed by atoms with Crippen LogP contribution in [-0.4, -0.2) is 49.7 Å². The minimum Gasteiger partial charge on any atom is -0.480 e. The van der Waals surface area contributed by atoms with Crippen LogP contribution >= 0.6 is 0 Å². The third kappa shape index (κ3) is 6.57. The van der Waals surface area contributed by atoms with E-state index in [-0.39, 0.29) is 34.1 Å². The number of benzene rings is 3. The molecule has 0 unspecified atom stereocenters. The van der Waals surface area contributed by atoms with Crippen LogP contribution in [-0.2, 0) is 25.6 Å². The average Bonchev–Trinajstić information content (AvgIpc) is 3.23. The Morgan fingerprint density at radius 1 is 1.02 bits per heavy atom. The number of aliphatic hydroxyl groups is 1. The molecule has 0 radical (unpaired) electrons. The Hall–Kier alpha value is -4.23. The molecular weight excluding hydrogens is 565 g/mol. The number of sulfone groups is 1. The summed E-state index contributed by atoms with van der Waals surface area (Å²) < 4.78 is 67.8. The van der Waals surface area contributed by atoms with Gasteiger partial charge >= 0.3 is 6.18 Å². The number of nitrogens with zero attached hydrogens (tertiary/aromatic N) is 1. The third-order valence-corrected chi connectivity index (χ3v) is 8.21. The summed E-state index contributed by atoms with van der Waals surface area (Å²) >= 11 is 0. The van der Waals surface area contributed by atoms with Crippen molar-refractivity contribution < 1.29 is 45.8 Å². The monoisotopic (exact) mass is 590 g/mol. The predicted octanol–water partition coefficient (Wildman–Crippen LogP) is 3.67. The fourth-order valence-corrected chi connectivity index (χ4v) is 5.05. The van der Waals surface area contributed by atoms with Crippen LogP contribution in [0.4, 0.5) is 18.9 Å².